The monoisotopic (exact) mass is 345 g/mol. The van der Waals surface area contributed by atoms with Crippen LogP contribution < -0.4 is 5.32 Å². The molecule has 0 unspecified atom stereocenters. The Balaban J connectivity index is 3.20. The molecule has 114 valence electrons. The number of anilines is 1. The molecule has 20 heavy (non-hydrogen) atoms. The van der Waals surface area contributed by atoms with Gasteiger partial charge < -0.3 is 14.8 Å². The number of methoxy groups -OCH3 is 1. The maximum Gasteiger partial charge on any atom is 0.162 e. The molecule has 0 spiro atoms. The third-order valence-corrected chi connectivity index (χ3v) is 3.62. The Labute approximate surface area is 129 Å². The van der Waals surface area contributed by atoms with E-state index in [1.807, 2.05) is 20.8 Å². The standard InChI is InChI=1S/C14H24BrN3O2/c1-6-8-16-12-11(15)10(9-19-5)17-13(18-12)14(3,4)20-7-2/h6-9H2,1-5H3,(H,16,17,18). The average molecular weight is 346 g/mol. The van der Waals surface area contributed by atoms with Crippen LogP contribution in [0.2, 0.25) is 0 Å². The lowest BCUT2D eigenvalue weighted by Crippen LogP contribution is -2.26. The van der Waals surface area contributed by atoms with Crippen molar-refractivity contribution in [2.45, 2.75) is 46.3 Å². The number of halogens is 1. The minimum atomic E-state index is -0.527. The SMILES string of the molecule is CCCNc1nc(C(C)(C)OCC)nc(COC)c1Br. The number of hydrogen-bond acceptors (Lipinski definition) is 5. The van der Waals surface area contributed by atoms with Crippen LogP contribution in [0.25, 0.3) is 0 Å². The van der Waals surface area contributed by atoms with Gasteiger partial charge in [-0.05, 0) is 43.1 Å². The molecule has 0 atom stereocenters. The Morgan fingerprint density at radius 3 is 2.50 bits per heavy atom. The Kier molecular flexibility index (Phi) is 6.85. The first-order chi connectivity index (χ1) is 9.46. The summed E-state index contributed by atoms with van der Waals surface area (Å²) in [6, 6.07) is 0. The van der Waals surface area contributed by atoms with Gasteiger partial charge in [0, 0.05) is 20.3 Å². The van der Waals surface area contributed by atoms with Crippen LogP contribution in [0.1, 0.15) is 45.6 Å². The maximum atomic E-state index is 5.74. The number of nitrogens with zero attached hydrogens (tertiary/aromatic N) is 2. The lowest BCUT2D eigenvalue weighted by Gasteiger charge is -2.24. The number of hydrogen-bond donors (Lipinski definition) is 1. The quantitative estimate of drug-likeness (QED) is 0.781. The van der Waals surface area contributed by atoms with Crippen LogP contribution in [0.5, 0.6) is 0 Å². The summed E-state index contributed by atoms with van der Waals surface area (Å²) in [5.41, 5.74) is 0.296. The molecule has 1 heterocycles. The van der Waals surface area contributed by atoms with Crippen molar-refractivity contribution in [3.8, 4) is 0 Å². The molecule has 0 aliphatic heterocycles. The van der Waals surface area contributed by atoms with Gasteiger partial charge in [0.15, 0.2) is 5.82 Å². The Hall–Kier alpha value is -0.720. The van der Waals surface area contributed by atoms with E-state index in [9.17, 15) is 0 Å². The fourth-order valence-electron chi connectivity index (χ4n) is 1.78. The highest BCUT2D eigenvalue weighted by Gasteiger charge is 2.26. The molecule has 6 heteroatoms. The van der Waals surface area contributed by atoms with Crippen LogP contribution >= 0.6 is 15.9 Å². The van der Waals surface area contributed by atoms with Gasteiger partial charge in [0.25, 0.3) is 0 Å². The lowest BCUT2D eigenvalue weighted by molar-refractivity contribution is -0.0211. The van der Waals surface area contributed by atoms with Crippen LogP contribution in [0.3, 0.4) is 0 Å². The zero-order valence-electron chi connectivity index (χ0n) is 12.9. The van der Waals surface area contributed by atoms with Crippen LogP contribution in [0.4, 0.5) is 5.82 Å². The molecule has 0 amide bonds. The summed E-state index contributed by atoms with van der Waals surface area (Å²) in [4.78, 5) is 9.17. The normalized spacial score (nSPS) is 11.7. The van der Waals surface area contributed by atoms with E-state index >= 15 is 0 Å². The van der Waals surface area contributed by atoms with Gasteiger partial charge in [-0.25, -0.2) is 9.97 Å². The van der Waals surface area contributed by atoms with Gasteiger partial charge in [0.1, 0.15) is 11.4 Å². The molecule has 5 nitrogen and oxygen atoms in total. The second-order valence-electron chi connectivity index (χ2n) is 4.96. The van der Waals surface area contributed by atoms with Crippen molar-refractivity contribution in [1.29, 1.82) is 0 Å². The Bertz CT molecular complexity index is 439. The second kappa shape index (κ2) is 7.90. The summed E-state index contributed by atoms with van der Waals surface area (Å²) in [6.45, 7) is 9.93. The third-order valence-electron chi connectivity index (χ3n) is 2.79. The first kappa shape index (κ1) is 17.3. The molecule has 0 aromatic carbocycles. The highest BCUT2D eigenvalue weighted by Crippen LogP contribution is 2.29. The topological polar surface area (TPSA) is 56.3 Å². The number of aromatic nitrogens is 2. The Morgan fingerprint density at radius 2 is 1.95 bits per heavy atom. The first-order valence-electron chi connectivity index (χ1n) is 6.89. The lowest BCUT2D eigenvalue weighted by atomic mass is 10.1. The van der Waals surface area contributed by atoms with Crippen molar-refractivity contribution in [2.75, 3.05) is 25.6 Å². The first-order valence-corrected chi connectivity index (χ1v) is 7.69. The van der Waals surface area contributed by atoms with E-state index in [4.69, 9.17) is 9.47 Å². The molecule has 1 N–H and O–H groups in total. The van der Waals surface area contributed by atoms with E-state index < -0.39 is 5.60 Å². The fraction of sp³-hybridized carbons (Fsp3) is 0.714. The number of rotatable bonds is 8. The molecule has 1 aromatic rings. The van der Waals surface area contributed by atoms with E-state index in [1.54, 1.807) is 7.11 Å². The number of nitrogens with one attached hydrogen (secondary N) is 1. The summed E-state index contributed by atoms with van der Waals surface area (Å²) in [6.07, 6.45) is 1.03. The van der Waals surface area contributed by atoms with Gasteiger partial charge in [-0.1, -0.05) is 6.92 Å². The van der Waals surface area contributed by atoms with Crippen molar-refractivity contribution in [3.63, 3.8) is 0 Å². The second-order valence-corrected chi connectivity index (χ2v) is 5.75. The highest BCUT2D eigenvalue weighted by atomic mass is 79.9. The highest BCUT2D eigenvalue weighted by molar-refractivity contribution is 9.10. The van der Waals surface area contributed by atoms with Crippen molar-refractivity contribution >= 4 is 21.7 Å². The molecule has 0 saturated heterocycles. The summed E-state index contributed by atoms with van der Waals surface area (Å²) >= 11 is 3.54. The van der Waals surface area contributed by atoms with Crippen molar-refractivity contribution < 1.29 is 9.47 Å². The molecule has 0 saturated carbocycles. The summed E-state index contributed by atoms with van der Waals surface area (Å²) < 4.78 is 11.8. The molecular weight excluding hydrogens is 322 g/mol. The predicted molar refractivity (Wildman–Crippen MR) is 83.9 cm³/mol. The summed E-state index contributed by atoms with van der Waals surface area (Å²) in [7, 11) is 1.65. The van der Waals surface area contributed by atoms with Gasteiger partial charge in [-0.2, -0.15) is 0 Å². The van der Waals surface area contributed by atoms with Crippen LogP contribution in [-0.4, -0.2) is 30.2 Å². The zero-order valence-corrected chi connectivity index (χ0v) is 14.5. The van der Waals surface area contributed by atoms with Gasteiger partial charge >= 0.3 is 0 Å². The minimum absolute atomic E-state index is 0.430. The predicted octanol–water partition coefficient (Wildman–Crippen LogP) is 3.48. The maximum absolute atomic E-state index is 5.74. The summed E-state index contributed by atoms with van der Waals surface area (Å²) in [5, 5.41) is 3.31. The number of ether oxygens (including phenoxy) is 2. The van der Waals surface area contributed by atoms with E-state index in [1.165, 1.54) is 0 Å². The van der Waals surface area contributed by atoms with Crippen molar-refractivity contribution in [3.05, 3.63) is 16.0 Å². The molecule has 0 radical (unpaired) electrons. The molecular formula is C14H24BrN3O2. The molecule has 1 rings (SSSR count). The van der Waals surface area contributed by atoms with Gasteiger partial charge in [0.05, 0.1) is 16.8 Å². The van der Waals surface area contributed by atoms with Gasteiger partial charge in [-0.15, -0.1) is 0 Å². The molecule has 0 bridgehead atoms. The fourth-order valence-corrected chi connectivity index (χ4v) is 2.21. The molecule has 0 aliphatic carbocycles. The molecule has 0 fully saturated rings. The van der Waals surface area contributed by atoms with Crippen LogP contribution in [0, 0.1) is 0 Å². The van der Waals surface area contributed by atoms with Gasteiger partial charge in [0.2, 0.25) is 0 Å². The van der Waals surface area contributed by atoms with Crippen LogP contribution in [-0.2, 0) is 21.7 Å². The minimum Gasteiger partial charge on any atom is -0.378 e. The summed E-state index contributed by atoms with van der Waals surface area (Å²) in [5.74, 6) is 1.45. The zero-order chi connectivity index (χ0) is 15.2. The van der Waals surface area contributed by atoms with E-state index in [0.29, 0.717) is 19.0 Å². The van der Waals surface area contributed by atoms with E-state index in [0.717, 1.165) is 29.0 Å². The third kappa shape index (κ3) is 4.40. The van der Waals surface area contributed by atoms with Crippen molar-refractivity contribution in [2.24, 2.45) is 0 Å². The largest absolute Gasteiger partial charge is 0.378 e. The van der Waals surface area contributed by atoms with Crippen molar-refractivity contribution in [1.82, 2.24) is 9.97 Å². The average Bonchev–Trinajstić information content (AvgIpc) is 2.39. The van der Waals surface area contributed by atoms with E-state index in [-0.39, 0.29) is 0 Å². The van der Waals surface area contributed by atoms with E-state index in [2.05, 4.69) is 38.1 Å². The molecule has 1 aromatic heterocycles. The smallest absolute Gasteiger partial charge is 0.162 e. The molecule has 0 aliphatic rings. The Morgan fingerprint density at radius 1 is 1.25 bits per heavy atom. The van der Waals surface area contributed by atoms with Crippen LogP contribution in [0.15, 0.2) is 4.47 Å². The van der Waals surface area contributed by atoms with Gasteiger partial charge in [-0.3, -0.25) is 0 Å².